The SMILES string of the molecule is CC(C)(CC(=O)O)Nc1nncc2ccccc12. The van der Waals surface area contributed by atoms with Crippen molar-refractivity contribution in [3.05, 3.63) is 30.5 Å². The Morgan fingerprint density at radius 3 is 2.83 bits per heavy atom. The lowest BCUT2D eigenvalue weighted by molar-refractivity contribution is -0.137. The summed E-state index contributed by atoms with van der Waals surface area (Å²) in [5.74, 6) is -0.236. The van der Waals surface area contributed by atoms with Crippen LogP contribution in [0.5, 0.6) is 0 Å². The number of carboxylic acids is 1. The molecule has 5 nitrogen and oxygen atoms in total. The van der Waals surface area contributed by atoms with Gasteiger partial charge in [0, 0.05) is 16.3 Å². The normalized spacial score (nSPS) is 11.4. The molecule has 0 radical (unpaired) electrons. The molecule has 0 atom stereocenters. The summed E-state index contributed by atoms with van der Waals surface area (Å²) in [5, 5.41) is 21.9. The van der Waals surface area contributed by atoms with Crippen LogP contribution < -0.4 is 5.32 Å². The van der Waals surface area contributed by atoms with Crippen LogP contribution in [0.4, 0.5) is 5.82 Å². The van der Waals surface area contributed by atoms with Crippen molar-refractivity contribution in [3.8, 4) is 0 Å². The van der Waals surface area contributed by atoms with E-state index in [2.05, 4.69) is 15.5 Å². The molecule has 0 saturated carbocycles. The summed E-state index contributed by atoms with van der Waals surface area (Å²) in [6, 6.07) is 7.72. The van der Waals surface area contributed by atoms with E-state index in [0.29, 0.717) is 5.82 Å². The Kier molecular flexibility index (Phi) is 3.14. The highest BCUT2D eigenvalue weighted by Crippen LogP contribution is 2.23. The first-order valence-corrected chi connectivity index (χ1v) is 5.68. The largest absolute Gasteiger partial charge is 0.481 e. The molecule has 94 valence electrons. The molecular weight excluding hydrogens is 230 g/mol. The van der Waals surface area contributed by atoms with Gasteiger partial charge >= 0.3 is 5.97 Å². The Hall–Kier alpha value is -2.17. The number of carbonyl (C=O) groups is 1. The van der Waals surface area contributed by atoms with Crippen LogP contribution in [0.15, 0.2) is 30.5 Å². The number of hydrogen-bond acceptors (Lipinski definition) is 4. The zero-order valence-corrected chi connectivity index (χ0v) is 10.3. The molecule has 1 aromatic carbocycles. The van der Waals surface area contributed by atoms with E-state index in [0.717, 1.165) is 10.8 Å². The summed E-state index contributed by atoms with van der Waals surface area (Å²) in [6.07, 6.45) is 1.70. The third-order valence-electron chi connectivity index (χ3n) is 2.62. The molecule has 0 saturated heterocycles. The molecule has 1 heterocycles. The summed E-state index contributed by atoms with van der Waals surface area (Å²) < 4.78 is 0. The van der Waals surface area contributed by atoms with Gasteiger partial charge in [-0.3, -0.25) is 4.79 Å². The van der Waals surface area contributed by atoms with Gasteiger partial charge in [-0.2, -0.15) is 5.10 Å². The predicted octanol–water partition coefficient (Wildman–Crippen LogP) is 2.29. The van der Waals surface area contributed by atoms with Crippen LogP contribution in [-0.4, -0.2) is 26.8 Å². The number of carboxylic acid groups (broad SMARTS) is 1. The van der Waals surface area contributed by atoms with E-state index in [-0.39, 0.29) is 6.42 Å². The molecule has 0 bridgehead atoms. The fourth-order valence-corrected chi connectivity index (χ4v) is 1.86. The Labute approximate surface area is 105 Å². The Morgan fingerprint density at radius 1 is 1.39 bits per heavy atom. The van der Waals surface area contributed by atoms with Gasteiger partial charge in [0.1, 0.15) is 0 Å². The minimum atomic E-state index is -0.847. The first kappa shape index (κ1) is 12.3. The first-order chi connectivity index (χ1) is 8.48. The van der Waals surface area contributed by atoms with E-state index in [1.165, 1.54) is 0 Å². The Bertz CT molecular complexity index is 576. The van der Waals surface area contributed by atoms with E-state index in [1.807, 2.05) is 38.1 Å². The second-order valence-electron chi connectivity index (χ2n) is 4.86. The molecular formula is C13H15N3O2. The number of rotatable bonds is 4. The van der Waals surface area contributed by atoms with Crippen LogP contribution in [0, 0.1) is 0 Å². The van der Waals surface area contributed by atoms with Crippen molar-refractivity contribution in [1.29, 1.82) is 0 Å². The zero-order chi connectivity index (χ0) is 13.2. The van der Waals surface area contributed by atoms with E-state index in [9.17, 15) is 4.79 Å². The fraction of sp³-hybridized carbons (Fsp3) is 0.308. The third-order valence-corrected chi connectivity index (χ3v) is 2.62. The number of benzene rings is 1. The summed E-state index contributed by atoms with van der Waals surface area (Å²) in [5.41, 5.74) is -0.579. The number of anilines is 1. The average molecular weight is 245 g/mol. The molecule has 0 amide bonds. The maximum atomic E-state index is 10.8. The molecule has 2 rings (SSSR count). The molecule has 2 aromatic rings. The Balaban J connectivity index is 2.34. The molecule has 0 fully saturated rings. The third kappa shape index (κ3) is 2.74. The summed E-state index contributed by atoms with van der Waals surface area (Å²) in [4.78, 5) is 10.8. The monoisotopic (exact) mass is 245 g/mol. The Morgan fingerprint density at radius 2 is 2.11 bits per heavy atom. The minimum Gasteiger partial charge on any atom is -0.481 e. The molecule has 0 aliphatic rings. The lowest BCUT2D eigenvalue weighted by Gasteiger charge is -2.25. The number of nitrogens with one attached hydrogen (secondary N) is 1. The predicted molar refractivity (Wildman–Crippen MR) is 69.5 cm³/mol. The van der Waals surface area contributed by atoms with E-state index in [4.69, 9.17) is 5.11 Å². The van der Waals surface area contributed by atoms with Crippen LogP contribution in [0.2, 0.25) is 0 Å². The van der Waals surface area contributed by atoms with Crippen LogP contribution in [0.25, 0.3) is 10.8 Å². The number of aliphatic carboxylic acids is 1. The summed E-state index contributed by atoms with van der Waals surface area (Å²) in [7, 11) is 0. The van der Waals surface area contributed by atoms with E-state index in [1.54, 1.807) is 6.20 Å². The number of nitrogens with zero attached hydrogens (tertiary/aromatic N) is 2. The van der Waals surface area contributed by atoms with E-state index >= 15 is 0 Å². The molecule has 0 spiro atoms. The molecule has 1 aromatic heterocycles. The van der Waals surface area contributed by atoms with Gasteiger partial charge in [-0.05, 0) is 13.8 Å². The second-order valence-corrected chi connectivity index (χ2v) is 4.86. The van der Waals surface area contributed by atoms with Gasteiger partial charge in [-0.1, -0.05) is 24.3 Å². The van der Waals surface area contributed by atoms with Gasteiger partial charge in [-0.15, -0.1) is 5.10 Å². The van der Waals surface area contributed by atoms with Crippen molar-refractivity contribution in [2.45, 2.75) is 25.8 Å². The van der Waals surface area contributed by atoms with Crippen molar-refractivity contribution < 1.29 is 9.90 Å². The number of aromatic nitrogens is 2. The quantitative estimate of drug-likeness (QED) is 0.864. The molecule has 5 heteroatoms. The van der Waals surface area contributed by atoms with Gasteiger partial charge in [0.05, 0.1) is 12.6 Å². The highest BCUT2D eigenvalue weighted by atomic mass is 16.4. The highest BCUT2D eigenvalue weighted by Gasteiger charge is 2.22. The number of hydrogen-bond donors (Lipinski definition) is 2. The van der Waals surface area contributed by atoms with Crippen molar-refractivity contribution in [2.24, 2.45) is 0 Å². The summed E-state index contributed by atoms with van der Waals surface area (Å²) >= 11 is 0. The van der Waals surface area contributed by atoms with Gasteiger partial charge < -0.3 is 10.4 Å². The summed E-state index contributed by atoms with van der Waals surface area (Å²) in [6.45, 7) is 3.65. The van der Waals surface area contributed by atoms with Crippen LogP contribution in [-0.2, 0) is 4.79 Å². The van der Waals surface area contributed by atoms with Crippen LogP contribution in [0.3, 0.4) is 0 Å². The first-order valence-electron chi connectivity index (χ1n) is 5.68. The van der Waals surface area contributed by atoms with Crippen molar-refractivity contribution in [3.63, 3.8) is 0 Å². The average Bonchev–Trinajstić information content (AvgIpc) is 2.27. The second kappa shape index (κ2) is 4.60. The molecule has 0 aliphatic carbocycles. The maximum absolute atomic E-state index is 10.8. The smallest absolute Gasteiger partial charge is 0.305 e. The number of fused-ring (bicyclic) bond motifs is 1. The van der Waals surface area contributed by atoms with Gasteiger partial charge in [0.25, 0.3) is 0 Å². The van der Waals surface area contributed by atoms with Gasteiger partial charge in [0.15, 0.2) is 5.82 Å². The maximum Gasteiger partial charge on any atom is 0.305 e. The highest BCUT2D eigenvalue weighted by molar-refractivity contribution is 5.91. The van der Waals surface area contributed by atoms with Crippen LogP contribution in [0.1, 0.15) is 20.3 Å². The van der Waals surface area contributed by atoms with Crippen molar-refractivity contribution in [1.82, 2.24) is 10.2 Å². The van der Waals surface area contributed by atoms with Gasteiger partial charge in [-0.25, -0.2) is 0 Å². The van der Waals surface area contributed by atoms with Gasteiger partial charge in [0.2, 0.25) is 0 Å². The molecule has 18 heavy (non-hydrogen) atoms. The van der Waals surface area contributed by atoms with E-state index < -0.39 is 11.5 Å². The van der Waals surface area contributed by atoms with Crippen LogP contribution >= 0.6 is 0 Å². The fourth-order valence-electron chi connectivity index (χ4n) is 1.86. The molecule has 0 unspecified atom stereocenters. The topological polar surface area (TPSA) is 75.1 Å². The zero-order valence-electron chi connectivity index (χ0n) is 10.3. The lowest BCUT2D eigenvalue weighted by Crippen LogP contribution is -2.34. The van der Waals surface area contributed by atoms with Crippen molar-refractivity contribution in [2.75, 3.05) is 5.32 Å². The lowest BCUT2D eigenvalue weighted by atomic mass is 10.0. The minimum absolute atomic E-state index is 0.0118. The molecule has 2 N–H and O–H groups in total. The standard InChI is InChI=1S/C13H15N3O2/c1-13(2,7-11(17)18)15-12-10-6-4-3-5-9(10)8-14-16-12/h3-6,8H,7H2,1-2H3,(H,15,16)(H,17,18). The molecule has 0 aliphatic heterocycles. The van der Waals surface area contributed by atoms with Crippen molar-refractivity contribution >= 4 is 22.6 Å².